The zero-order valence-electron chi connectivity index (χ0n) is 19.0. The summed E-state index contributed by atoms with van der Waals surface area (Å²) in [6, 6.07) is 26.2. The van der Waals surface area contributed by atoms with Crippen molar-refractivity contribution in [3.05, 3.63) is 90.0 Å². The molecular weight excluding hydrogens is 440 g/mol. The van der Waals surface area contributed by atoms with Crippen LogP contribution in [0.1, 0.15) is 17.5 Å². The van der Waals surface area contributed by atoms with E-state index in [-0.39, 0.29) is 24.8 Å². The SMILES string of the molecule is N#CC1C[C@@]2(CN1C(=O)C1Cc3cccc(c3)N(c3ccccc3)C1O)C(=O)Nc1ccccc12. The smallest absolute Gasteiger partial charge is 0.237 e. The summed E-state index contributed by atoms with van der Waals surface area (Å²) < 4.78 is 0. The second kappa shape index (κ2) is 7.97. The fourth-order valence-electron chi connectivity index (χ4n) is 5.83. The van der Waals surface area contributed by atoms with Crippen LogP contribution in [0.4, 0.5) is 17.1 Å². The molecule has 2 N–H and O–H groups in total. The molecule has 7 heteroatoms. The molecule has 3 aromatic carbocycles. The molecule has 1 saturated heterocycles. The number of carbonyl (C=O) groups excluding carboxylic acids is 2. The van der Waals surface area contributed by atoms with Crippen LogP contribution < -0.4 is 10.2 Å². The van der Waals surface area contributed by atoms with Crippen molar-refractivity contribution < 1.29 is 14.7 Å². The molecule has 3 heterocycles. The molecule has 4 atom stereocenters. The average Bonchev–Trinajstić information content (AvgIpc) is 3.38. The van der Waals surface area contributed by atoms with Crippen LogP contribution in [0, 0.1) is 17.2 Å². The minimum atomic E-state index is -1.13. The van der Waals surface area contributed by atoms with Crippen LogP contribution in [0.15, 0.2) is 78.9 Å². The van der Waals surface area contributed by atoms with Crippen molar-refractivity contribution in [1.29, 1.82) is 5.26 Å². The molecule has 0 radical (unpaired) electrons. The predicted molar refractivity (Wildman–Crippen MR) is 131 cm³/mol. The number of nitriles is 1. The van der Waals surface area contributed by atoms with Gasteiger partial charge in [0.25, 0.3) is 0 Å². The molecule has 7 nitrogen and oxygen atoms in total. The maximum Gasteiger partial charge on any atom is 0.237 e. The minimum Gasteiger partial charge on any atom is -0.372 e. The maximum absolute atomic E-state index is 14.0. The third kappa shape index (κ3) is 3.22. The first-order valence-corrected chi connectivity index (χ1v) is 11.7. The standard InChI is InChI=1S/C28H24N4O3/c29-16-21-15-28(23-11-4-5-12-24(23)30-27(28)35)17-31(21)25(33)22-14-18-7-6-10-20(13-18)32(26(22)34)19-8-2-1-3-9-19/h1-13,21-22,26,34H,14-15,17H2,(H,30,35)/t21?,22?,26?,28-/m0/s1. The molecule has 3 aromatic rings. The molecule has 0 aromatic heterocycles. The van der Waals surface area contributed by atoms with Crippen LogP contribution in [0.25, 0.3) is 0 Å². The van der Waals surface area contributed by atoms with Crippen LogP contribution in [0.3, 0.4) is 0 Å². The van der Waals surface area contributed by atoms with E-state index in [0.717, 1.165) is 28.2 Å². The number of aliphatic hydroxyl groups excluding tert-OH is 1. The van der Waals surface area contributed by atoms with Crippen molar-refractivity contribution in [1.82, 2.24) is 4.90 Å². The van der Waals surface area contributed by atoms with E-state index in [4.69, 9.17) is 0 Å². The van der Waals surface area contributed by atoms with Crippen molar-refractivity contribution >= 4 is 28.9 Å². The highest BCUT2D eigenvalue weighted by molar-refractivity contribution is 6.07. The molecule has 35 heavy (non-hydrogen) atoms. The second-order valence-electron chi connectivity index (χ2n) is 9.50. The summed E-state index contributed by atoms with van der Waals surface area (Å²) in [7, 11) is 0. The van der Waals surface area contributed by atoms with E-state index in [9.17, 15) is 20.0 Å². The lowest BCUT2D eigenvalue weighted by molar-refractivity contribution is -0.139. The van der Waals surface area contributed by atoms with E-state index in [0.29, 0.717) is 6.42 Å². The number of amides is 2. The lowest BCUT2D eigenvalue weighted by Gasteiger charge is -2.35. The van der Waals surface area contributed by atoms with Crippen molar-refractivity contribution in [3.8, 4) is 6.07 Å². The van der Waals surface area contributed by atoms with Crippen LogP contribution >= 0.6 is 0 Å². The molecule has 0 saturated carbocycles. The second-order valence-corrected chi connectivity index (χ2v) is 9.50. The van der Waals surface area contributed by atoms with Gasteiger partial charge in [0.05, 0.1) is 17.4 Å². The number of nitrogens with one attached hydrogen (secondary N) is 1. The zero-order chi connectivity index (χ0) is 24.2. The zero-order valence-corrected chi connectivity index (χ0v) is 19.0. The van der Waals surface area contributed by atoms with Gasteiger partial charge < -0.3 is 20.2 Å². The van der Waals surface area contributed by atoms with Crippen molar-refractivity contribution in [3.63, 3.8) is 0 Å². The van der Waals surface area contributed by atoms with Gasteiger partial charge in [-0.2, -0.15) is 5.26 Å². The normalized spacial score (nSPS) is 26.7. The highest BCUT2D eigenvalue weighted by Crippen LogP contribution is 2.47. The molecular formula is C28H24N4O3. The molecule has 1 fully saturated rings. The van der Waals surface area contributed by atoms with Crippen molar-refractivity contribution in [2.24, 2.45) is 5.92 Å². The number of aliphatic hydroxyl groups is 1. The highest BCUT2D eigenvalue weighted by atomic mass is 16.3. The van der Waals surface area contributed by atoms with Gasteiger partial charge in [0, 0.05) is 30.0 Å². The van der Waals surface area contributed by atoms with Crippen LogP contribution in [0.2, 0.25) is 0 Å². The van der Waals surface area contributed by atoms with E-state index in [1.54, 1.807) is 4.90 Å². The van der Waals surface area contributed by atoms with Gasteiger partial charge in [0.15, 0.2) is 0 Å². The van der Waals surface area contributed by atoms with Gasteiger partial charge in [0.2, 0.25) is 11.8 Å². The Balaban J connectivity index is 1.37. The molecule has 3 aliphatic rings. The number of hydrogen-bond acceptors (Lipinski definition) is 5. The van der Waals surface area contributed by atoms with E-state index in [1.165, 1.54) is 4.90 Å². The lowest BCUT2D eigenvalue weighted by atomic mass is 9.80. The topological polar surface area (TPSA) is 96.7 Å². The van der Waals surface area contributed by atoms with Crippen molar-refractivity contribution in [2.75, 3.05) is 16.8 Å². The van der Waals surface area contributed by atoms with E-state index >= 15 is 0 Å². The summed E-state index contributed by atoms with van der Waals surface area (Å²) in [5.74, 6) is -1.31. The van der Waals surface area contributed by atoms with Crippen LogP contribution in [-0.4, -0.2) is 40.6 Å². The Morgan fingerprint density at radius 3 is 2.57 bits per heavy atom. The Labute approximate surface area is 203 Å². The number of rotatable bonds is 2. The van der Waals surface area contributed by atoms with E-state index in [2.05, 4.69) is 11.4 Å². The Morgan fingerprint density at radius 1 is 1.03 bits per heavy atom. The quantitative estimate of drug-likeness (QED) is 0.607. The maximum atomic E-state index is 14.0. The fourth-order valence-corrected chi connectivity index (χ4v) is 5.83. The van der Waals surface area contributed by atoms with Gasteiger partial charge in [-0.3, -0.25) is 9.59 Å². The molecule has 1 spiro atoms. The number of anilines is 3. The first-order chi connectivity index (χ1) is 17.0. The third-order valence-electron chi connectivity index (χ3n) is 7.54. The molecule has 2 amide bonds. The summed E-state index contributed by atoms with van der Waals surface area (Å²) in [5.41, 5.74) is 3.10. The number of carbonyl (C=O) groups is 2. The average molecular weight is 465 g/mol. The monoisotopic (exact) mass is 464 g/mol. The molecule has 0 aliphatic carbocycles. The summed E-state index contributed by atoms with van der Waals surface area (Å²) >= 11 is 0. The third-order valence-corrected chi connectivity index (χ3v) is 7.54. The molecule has 2 bridgehead atoms. The first kappa shape index (κ1) is 21.4. The van der Waals surface area contributed by atoms with Gasteiger partial charge in [-0.15, -0.1) is 0 Å². The summed E-state index contributed by atoms with van der Waals surface area (Å²) in [5, 5.41) is 24.5. The summed E-state index contributed by atoms with van der Waals surface area (Å²) in [6.45, 7) is 0.110. The number of para-hydroxylation sites is 2. The van der Waals surface area contributed by atoms with Gasteiger partial charge in [-0.1, -0.05) is 48.5 Å². The number of hydrogen-bond donors (Lipinski definition) is 2. The number of nitrogens with zero attached hydrogens (tertiary/aromatic N) is 3. The van der Waals surface area contributed by atoms with E-state index < -0.39 is 23.6 Å². The predicted octanol–water partition coefficient (Wildman–Crippen LogP) is 3.33. The van der Waals surface area contributed by atoms with Gasteiger partial charge >= 0.3 is 0 Å². The van der Waals surface area contributed by atoms with Gasteiger partial charge in [-0.05, 0) is 47.9 Å². The highest BCUT2D eigenvalue weighted by Gasteiger charge is 2.57. The fraction of sp³-hybridized carbons (Fsp3) is 0.250. The first-order valence-electron chi connectivity index (χ1n) is 11.7. The largest absolute Gasteiger partial charge is 0.372 e. The lowest BCUT2D eigenvalue weighted by Crippen LogP contribution is -2.49. The van der Waals surface area contributed by atoms with Crippen LogP contribution in [-0.2, 0) is 21.4 Å². The number of fused-ring (bicyclic) bond motifs is 4. The number of likely N-dealkylation sites (tertiary alicyclic amines) is 1. The molecule has 3 aliphatic heterocycles. The Hall–Kier alpha value is -4.15. The van der Waals surface area contributed by atoms with Gasteiger partial charge in [-0.25, -0.2) is 0 Å². The molecule has 6 rings (SSSR count). The summed E-state index contributed by atoms with van der Waals surface area (Å²) in [6.07, 6.45) is -0.566. The Bertz CT molecular complexity index is 1370. The van der Waals surface area contributed by atoms with Crippen molar-refractivity contribution in [2.45, 2.75) is 30.5 Å². The van der Waals surface area contributed by atoms with Gasteiger partial charge in [0.1, 0.15) is 12.3 Å². The summed E-state index contributed by atoms with van der Waals surface area (Å²) in [4.78, 5) is 30.4. The Morgan fingerprint density at radius 2 is 1.77 bits per heavy atom. The van der Waals surface area contributed by atoms with E-state index in [1.807, 2.05) is 78.9 Å². The Kier molecular flexibility index (Phi) is 4.87. The van der Waals surface area contributed by atoms with Crippen LogP contribution in [0.5, 0.6) is 0 Å². The number of benzene rings is 3. The molecule has 3 unspecified atom stereocenters. The minimum absolute atomic E-state index is 0.110. The molecule has 174 valence electrons.